The first-order valence-corrected chi connectivity index (χ1v) is 6.51. The van der Waals surface area contributed by atoms with Crippen LogP contribution in [0.3, 0.4) is 0 Å². The second kappa shape index (κ2) is 6.02. The maximum absolute atomic E-state index is 13.6. The molecular formula is C14H19FN2O2. The zero-order valence-corrected chi connectivity index (χ0v) is 11.0. The van der Waals surface area contributed by atoms with Crippen molar-refractivity contribution in [1.29, 1.82) is 0 Å². The summed E-state index contributed by atoms with van der Waals surface area (Å²) >= 11 is 0. The minimum absolute atomic E-state index is 0.0936. The fourth-order valence-corrected chi connectivity index (χ4v) is 1.75. The molecule has 1 aromatic rings. The number of amides is 1. The third-order valence-corrected chi connectivity index (χ3v) is 3.12. The average molecular weight is 266 g/mol. The summed E-state index contributed by atoms with van der Waals surface area (Å²) in [5, 5.41) is 2.78. The van der Waals surface area contributed by atoms with Crippen LogP contribution in [-0.4, -0.2) is 19.1 Å². The van der Waals surface area contributed by atoms with E-state index in [2.05, 4.69) is 5.32 Å². The smallest absolute Gasteiger partial charge is 0.257 e. The molecule has 19 heavy (non-hydrogen) atoms. The first-order chi connectivity index (χ1) is 9.06. The van der Waals surface area contributed by atoms with Crippen molar-refractivity contribution in [3.8, 4) is 5.75 Å². The zero-order chi connectivity index (χ0) is 13.8. The molecule has 0 unspecified atom stereocenters. The van der Waals surface area contributed by atoms with Crippen LogP contribution in [0.2, 0.25) is 0 Å². The second-order valence-electron chi connectivity index (χ2n) is 5.01. The Morgan fingerprint density at radius 1 is 1.58 bits per heavy atom. The SMILES string of the molecule is C[C@@H](N)c1ccc(OCC(=O)NCC2CC2)cc1F. The Morgan fingerprint density at radius 2 is 2.32 bits per heavy atom. The van der Waals surface area contributed by atoms with Gasteiger partial charge in [-0.3, -0.25) is 4.79 Å². The number of hydrogen-bond acceptors (Lipinski definition) is 3. The van der Waals surface area contributed by atoms with Gasteiger partial charge < -0.3 is 15.8 Å². The standard InChI is InChI=1S/C14H19FN2O2/c1-9(16)12-5-4-11(6-13(12)15)19-8-14(18)17-7-10-2-3-10/h4-6,9-10H,2-3,7-8,16H2,1H3,(H,17,18)/t9-/m1/s1. The van der Waals surface area contributed by atoms with Crippen LogP contribution in [0, 0.1) is 11.7 Å². The van der Waals surface area contributed by atoms with Gasteiger partial charge in [-0.25, -0.2) is 4.39 Å². The minimum Gasteiger partial charge on any atom is -0.484 e. The molecule has 1 amide bonds. The van der Waals surface area contributed by atoms with Crippen molar-refractivity contribution in [3.05, 3.63) is 29.6 Å². The normalized spacial score (nSPS) is 15.9. The molecular weight excluding hydrogens is 247 g/mol. The molecule has 1 aliphatic carbocycles. The number of rotatable bonds is 6. The summed E-state index contributed by atoms with van der Waals surface area (Å²) in [6, 6.07) is 4.09. The number of carbonyl (C=O) groups excluding carboxylic acids is 1. The monoisotopic (exact) mass is 266 g/mol. The van der Waals surface area contributed by atoms with E-state index in [0.717, 1.165) is 0 Å². The number of nitrogens with one attached hydrogen (secondary N) is 1. The van der Waals surface area contributed by atoms with Crippen molar-refractivity contribution in [2.45, 2.75) is 25.8 Å². The lowest BCUT2D eigenvalue weighted by Crippen LogP contribution is -2.30. The van der Waals surface area contributed by atoms with E-state index < -0.39 is 5.82 Å². The molecule has 0 aliphatic heterocycles. The van der Waals surface area contributed by atoms with Crippen LogP contribution < -0.4 is 15.8 Å². The van der Waals surface area contributed by atoms with Crippen molar-refractivity contribution in [3.63, 3.8) is 0 Å². The molecule has 1 aromatic carbocycles. The minimum atomic E-state index is -0.411. The van der Waals surface area contributed by atoms with Crippen LogP contribution in [-0.2, 0) is 4.79 Å². The van der Waals surface area contributed by atoms with Crippen molar-refractivity contribution in [2.24, 2.45) is 11.7 Å². The van der Waals surface area contributed by atoms with Crippen LogP contribution in [0.1, 0.15) is 31.4 Å². The van der Waals surface area contributed by atoms with Gasteiger partial charge in [0, 0.05) is 24.2 Å². The van der Waals surface area contributed by atoms with Gasteiger partial charge in [0.15, 0.2) is 6.61 Å². The zero-order valence-electron chi connectivity index (χ0n) is 11.0. The summed E-state index contributed by atoms with van der Waals surface area (Å²) < 4.78 is 18.9. The Balaban J connectivity index is 1.81. The van der Waals surface area contributed by atoms with E-state index in [1.54, 1.807) is 19.1 Å². The molecule has 0 bridgehead atoms. The summed E-state index contributed by atoms with van der Waals surface area (Å²) in [6.45, 7) is 2.33. The van der Waals surface area contributed by atoms with E-state index >= 15 is 0 Å². The van der Waals surface area contributed by atoms with Crippen molar-refractivity contribution >= 4 is 5.91 Å². The quantitative estimate of drug-likeness (QED) is 0.824. The van der Waals surface area contributed by atoms with Crippen LogP contribution in [0.25, 0.3) is 0 Å². The molecule has 3 N–H and O–H groups in total. The highest BCUT2D eigenvalue weighted by atomic mass is 19.1. The lowest BCUT2D eigenvalue weighted by Gasteiger charge is -2.10. The number of halogens is 1. The number of carbonyl (C=O) groups is 1. The third kappa shape index (κ3) is 4.21. The van der Waals surface area contributed by atoms with E-state index in [9.17, 15) is 9.18 Å². The summed E-state index contributed by atoms with van der Waals surface area (Å²) in [5.41, 5.74) is 6.05. The van der Waals surface area contributed by atoms with Crippen molar-refractivity contribution in [2.75, 3.05) is 13.2 Å². The van der Waals surface area contributed by atoms with Gasteiger partial charge in [0.05, 0.1) is 0 Å². The predicted molar refractivity (Wildman–Crippen MR) is 70.2 cm³/mol. The van der Waals surface area contributed by atoms with Gasteiger partial charge in [-0.2, -0.15) is 0 Å². The van der Waals surface area contributed by atoms with E-state index in [4.69, 9.17) is 10.5 Å². The molecule has 2 rings (SSSR count). The molecule has 0 heterocycles. The summed E-state index contributed by atoms with van der Waals surface area (Å²) in [7, 11) is 0. The van der Waals surface area contributed by atoms with Crippen LogP contribution in [0.4, 0.5) is 4.39 Å². The highest BCUT2D eigenvalue weighted by Crippen LogP contribution is 2.27. The average Bonchev–Trinajstić information content (AvgIpc) is 3.17. The van der Waals surface area contributed by atoms with Crippen molar-refractivity contribution in [1.82, 2.24) is 5.32 Å². The van der Waals surface area contributed by atoms with Gasteiger partial charge in [0.1, 0.15) is 11.6 Å². The Hall–Kier alpha value is -1.62. The summed E-state index contributed by atoms with van der Waals surface area (Å²) in [6.07, 6.45) is 2.37. The summed E-state index contributed by atoms with van der Waals surface area (Å²) in [4.78, 5) is 11.5. The highest BCUT2D eigenvalue weighted by molar-refractivity contribution is 5.77. The Labute approximate surface area is 112 Å². The lowest BCUT2D eigenvalue weighted by atomic mass is 10.1. The molecule has 4 nitrogen and oxygen atoms in total. The van der Waals surface area contributed by atoms with E-state index in [1.807, 2.05) is 0 Å². The van der Waals surface area contributed by atoms with Gasteiger partial charge in [-0.1, -0.05) is 6.07 Å². The number of hydrogen-bond donors (Lipinski definition) is 2. The fourth-order valence-electron chi connectivity index (χ4n) is 1.75. The molecule has 1 atom stereocenters. The Morgan fingerprint density at radius 3 is 2.89 bits per heavy atom. The first kappa shape index (κ1) is 13.8. The molecule has 1 saturated carbocycles. The van der Waals surface area contributed by atoms with Gasteiger partial charge >= 0.3 is 0 Å². The summed E-state index contributed by atoms with van der Waals surface area (Å²) in [5.74, 6) is 0.379. The van der Waals surface area contributed by atoms with Gasteiger partial charge in [-0.05, 0) is 31.7 Å². The molecule has 0 spiro atoms. The molecule has 1 aliphatic rings. The number of benzene rings is 1. The van der Waals surface area contributed by atoms with Crippen molar-refractivity contribution < 1.29 is 13.9 Å². The Kier molecular flexibility index (Phi) is 4.37. The van der Waals surface area contributed by atoms with Gasteiger partial charge in [0.25, 0.3) is 5.91 Å². The number of ether oxygens (including phenoxy) is 1. The van der Waals surface area contributed by atoms with Crippen LogP contribution >= 0.6 is 0 Å². The molecule has 5 heteroatoms. The molecule has 1 fully saturated rings. The van der Waals surface area contributed by atoms with Crippen LogP contribution in [0.15, 0.2) is 18.2 Å². The molecule has 0 radical (unpaired) electrons. The Bertz CT molecular complexity index is 459. The third-order valence-electron chi connectivity index (χ3n) is 3.12. The van der Waals surface area contributed by atoms with Crippen LogP contribution in [0.5, 0.6) is 5.75 Å². The second-order valence-corrected chi connectivity index (χ2v) is 5.01. The predicted octanol–water partition coefficient (Wildman–Crippen LogP) is 1.75. The maximum atomic E-state index is 13.6. The fraction of sp³-hybridized carbons (Fsp3) is 0.500. The number of nitrogens with two attached hydrogens (primary N) is 1. The molecule has 0 saturated heterocycles. The lowest BCUT2D eigenvalue weighted by molar-refractivity contribution is -0.123. The maximum Gasteiger partial charge on any atom is 0.257 e. The molecule has 104 valence electrons. The van der Waals surface area contributed by atoms with E-state index in [1.165, 1.54) is 18.9 Å². The van der Waals surface area contributed by atoms with Gasteiger partial charge in [-0.15, -0.1) is 0 Å². The van der Waals surface area contributed by atoms with E-state index in [0.29, 0.717) is 23.8 Å². The topological polar surface area (TPSA) is 64.3 Å². The first-order valence-electron chi connectivity index (χ1n) is 6.51. The largest absolute Gasteiger partial charge is 0.484 e. The van der Waals surface area contributed by atoms with Gasteiger partial charge in [0.2, 0.25) is 0 Å². The molecule has 0 aromatic heterocycles. The van der Waals surface area contributed by atoms with E-state index in [-0.39, 0.29) is 18.6 Å². The highest BCUT2D eigenvalue weighted by Gasteiger charge is 2.21.